The lowest BCUT2D eigenvalue weighted by atomic mass is 9.92. The van der Waals surface area contributed by atoms with Crippen molar-refractivity contribution in [3.63, 3.8) is 0 Å². The monoisotopic (exact) mass is 661 g/mol. The van der Waals surface area contributed by atoms with Crippen molar-refractivity contribution >= 4 is 18.1 Å². The molecule has 0 aliphatic carbocycles. The van der Waals surface area contributed by atoms with E-state index in [1.807, 2.05) is 0 Å². The van der Waals surface area contributed by atoms with Crippen LogP contribution in [0.4, 0.5) is 18.4 Å². The number of alkyl carbamates (subject to hydrolysis) is 1. The van der Waals surface area contributed by atoms with Crippen molar-refractivity contribution in [1.29, 1.82) is 0 Å². The molecule has 2 N–H and O–H groups in total. The molecule has 3 atom stereocenters. The van der Waals surface area contributed by atoms with E-state index in [9.17, 15) is 23.2 Å². The number of hydrogen-bond acceptors (Lipinski definition) is 8. The molecule has 13 heteroatoms. The van der Waals surface area contributed by atoms with Crippen molar-refractivity contribution < 1.29 is 46.8 Å². The number of carbonyl (C=O) groups excluding carboxylic acids is 3. The van der Waals surface area contributed by atoms with Crippen LogP contribution < -0.4 is 15.4 Å². The highest BCUT2D eigenvalue weighted by molar-refractivity contribution is 5.95. The number of rotatable bonds is 12. The molecule has 2 aliphatic rings. The number of nitrogens with zero attached hydrogens (tertiary/aromatic N) is 1. The summed E-state index contributed by atoms with van der Waals surface area (Å²) in [6.45, 7) is 7.22. The second-order valence-electron chi connectivity index (χ2n) is 12.8. The summed E-state index contributed by atoms with van der Waals surface area (Å²) in [5.74, 6) is -1.32. The molecular formula is C34H45F2N3O8. The lowest BCUT2D eigenvalue weighted by Crippen LogP contribution is -2.48. The molecule has 47 heavy (non-hydrogen) atoms. The number of hydrogen-bond donors (Lipinski definition) is 2. The van der Waals surface area contributed by atoms with Gasteiger partial charge in [0.2, 0.25) is 0 Å². The van der Waals surface area contributed by atoms with Crippen LogP contribution >= 0.6 is 0 Å². The average Bonchev–Trinajstić information content (AvgIpc) is 3.50. The van der Waals surface area contributed by atoms with Crippen molar-refractivity contribution in [3.8, 4) is 5.75 Å². The van der Waals surface area contributed by atoms with E-state index in [0.29, 0.717) is 44.0 Å². The topological polar surface area (TPSA) is 125 Å². The second-order valence-corrected chi connectivity index (χ2v) is 12.8. The summed E-state index contributed by atoms with van der Waals surface area (Å²) in [6.07, 6.45) is 0.851. The van der Waals surface area contributed by atoms with Crippen LogP contribution in [0.3, 0.4) is 0 Å². The van der Waals surface area contributed by atoms with Gasteiger partial charge < -0.3 is 39.2 Å². The van der Waals surface area contributed by atoms with Crippen molar-refractivity contribution in [1.82, 2.24) is 15.5 Å². The van der Waals surface area contributed by atoms with Crippen LogP contribution in [0.1, 0.15) is 73.2 Å². The Morgan fingerprint density at radius 1 is 1.06 bits per heavy atom. The third-order valence-electron chi connectivity index (χ3n) is 8.01. The van der Waals surface area contributed by atoms with E-state index in [4.69, 9.17) is 18.9 Å². The SMILES string of the molecule is COC(=O)NCCOC(c1cc(F)cc(F)c1)c1cc(C(=O)NCC(CC2CCCOC2)N(C)C(=O)OC(C)(C)C)cc2c1CCO2. The van der Waals surface area contributed by atoms with Gasteiger partial charge in [0, 0.05) is 57.0 Å². The maximum atomic E-state index is 14.4. The Morgan fingerprint density at radius 2 is 1.81 bits per heavy atom. The molecule has 1 fully saturated rings. The summed E-state index contributed by atoms with van der Waals surface area (Å²) in [5.41, 5.74) is 1.01. The number of ether oxygens (including phenoxy) is 5. The molecule has 2 aromatic rings. The number of amides is 3. The van der Waals surface area contributed by atoms with Gasteiger partial charge in [-0.15, -0.1) is 0 Å². The second kappa shape index (κ2) is 16.2. The molecule has 3 amide bonds. The number of benzene rings is 2. The number of fused-ring (bicyclic) bond motifs is 1. The fourth-order valence-corrected chi connectivity index (χ4v) is 5.74. The first kappa shape index (κ1) is 35.9. The van der Waals surface area contributed by atoms with Crippen LogP contribution in [-0.4, -0.2) is 88.3 Å². The third kappa shape index (κ3) is 10.3. The predicted octanol–water partition coefficient (Wildman–Crippen LogP) is 5.14. The summed E-state index contributed by atoms with van der Waals surface area (Å²) in [4.78, 5) is 39.7. The van der Waals surface area contributed by atoms with Crippen LogP contribution in [0.5, 0.6) is 5.75 Å². The highest BCUT2D eigenvalue weighted by Gasteiger charge is 2.31. The van der Waals surface area contributed by atoms with Crippen molar-refractivity contribution in [2.45, 2.75) is 64.2 Å². The molecule has 1 saturated heterocycles. The molecule has 11 nitrogen and oxygen atoms in total. The van der Waals surface area contributed by atoms with E-state index in [1.165, 1.54) is 24.1 Å². The van der Waals surface area contributed by atoms with Gasteiger partial charge in [0.1, 0.15) is 29.1 Å². The Bertz CT molecular complexity index is 1390. The fourth-order valence-electron chi connectivity index (χ4n) is 5.74. The lowest BCUT2D eigenvalue weighted by Gasteiger charge is -2.34. The Hall–Kier alpha value is -3.97. The van der Waals surface area contributed by atoms with E-state index in [1.54, 1.807) is 40.0 Å². The van der Waals surface area contributed by atoms with Gasteiger partial charge in [-0.3, -0.25) is 4.79 Å². The molecule has 2 aromatic carbocycles. The van der Waals surface area contributed by atoms with E-state index < -0.39 is 41.4 Å². The first-order chi connectivity index (χ1) is 22.3. The van der Waals surface area contributed by atoms with Crippen molar-refractivity contribution in [3.05, 3.63) is 64.2 Å². The molecule has 0 radical (unpaired) electrons. The summed E-state index contributed by atoms with van der Waals surface area (Å²) in [5, 5.41) is 5.48. The fraction of sp³-hybridized carbons (Fsp3) is 0.559. The molecular weight excluding hydrogens is 616 g/mol. The van der Waals surface area contributed by atoms with Crippen LogP contribution in [-0.2, 0) is 25.4 Å². The third-order valence-corrected chi connectivity index (χ3v) is 8.01. The molecule has 0 bridgehead atoms. The zero-order valence-electron chi connectivity index (χ0n) is 27.7. The number of carbonyl (C=O) groups is 3. The highest BCUT2D eigenvalue weighted by atomic mass is 19.1. The maximum absolute atomic E-state index is 14.4. The van der Waals surface area contributed by atoms with Gasteiger partial charge >= 0.3 is 12.2 Å². The summed E-state index contributed by atoms with van der Waals surface area (Å²) in [6, 6.07) is 5.99. The van der Waals surface area contributed by atoms with Gasteiger partial charge in [0.05, 0.1) is 26.4 Å². The number of likely N-dealkylation sites (N-methyl/N-ethyl adjacent to an activating group) is 1. The minimum Gasteiger partial charge on any atom is -0.493 e. The summed E-state index contributed by atoms with van der Waals surface area (Å²) < 4.78 is 56.5. The van der Waals surface area contributed by atoms with Gasteiger partial charge in [-0.2, -0.15) is 0 Å². The first-order valence-electron chi connectivity index (χ1n) is 15.9. The van der Waals surface area contributed by atoms with E-state index in [2.05, 4.69) is 15.4 Å². The minimum absolute atomic E-state index is 0.0203. The maximum Gasteiger partial charge on any atom is 0.410 e. The summed E-state index contributed by atoms with van der Waals surface area (Å²) >= 11 is 0. The molecule has 2 heterocycles. The highest BCUT2D eigenvalue weighted by Crippen LogP contribution is 2.38. The Balaban J connectivity index is 1.59. The van der Waals surface area contributed by atoms with Gasteiger partial charge in [0.25, 0.3) is 5.91 Å². The van der Waals surface area contributed by atoms with Crippen LogP contribution in [0.15, 0.2) is 30.3 Å². The Morgan fingerprint density at radius 3 is 2.47 bits per heavy atom. The van der Waals surface area contributed by atoms with Gasteiger partial charge in [-0.1, -0.05) is 0 Å². The quantitative estimate of drug-likeness (QED) is 0.300. The molecule has 3 unspecified atom stereocenters. The van der Waals surface area contributed by atoms with E-state index in [0.717, 1.165) is 24.5 Å². The zero-order valence-corrected chi connectivity index (χ0v) is 27.7. The van der Waals surface area contributed by atoms with Gasteiger partial charge in [0.15, 0.2) is 0 Å². The van der Waals surface area contributed by atoms with Crippen LogP contribution in [0.2, 0.25) is 0 Å². The number of nitrogens with one attached hydrogen (secondary N) is 2. The van der Waals surface area contributed by atoms with E-state index >= 15 is 0 Å². The van der Waals surface area contributed by atoms with Gasteiger partial charge in [-0.25, -0.2) is 18.4 Å². The van der Waals surface area contributed by atoms with Crippen molar-refractivity contribution in [2.75, 3.05) is 53.7 Å². The lowest BCUT2D eigenvalue weighted by molar-refractivity contribution is 0.0112. The smallest absolute Gasteiger partial charge is 0.410 e. The summed E-state index contributed by atoms with van der Waals surface area (Å²) in [7, 11) is 2.89. The van der Waals surface area contributed by atoms with Crippen LogP contribution in [0.25, 0.3) is 0 Å². The first-order valence-corrected chi connectivity index (χ1v) is 15.9. The zero-order chi connectivity index (χ0) is 34.1. The average molecular weight is 662 g/mol. The largest absolute Gasteiger partial charge is 0.493 e. The van der Waals surface area contributed by atoms with Gasteiger partial charge in [-0.05, 0) is 81.3 Å². The molecule has 258 valence electrons. The normalized spacial score (nSPS) is 17.1. The molecule has 0 saturated carbocycles. The Kier molecular flexibility index (Phi) is 12.4. The number of halogens is 2. The molecule has 2 aliphatic heterocycles. The van der Waals surface area contributed by atoms with Crippen molar-refractivity contribution in [2.24, 2.45) is 5.92 Å². The molecule has 0 aromatic heterocycles. The molecule has 4 rings (SSSR count). The standard InChI is InChI=1S/C34H45F2N3O8/c1-34(2,3)47-33(42)39(4)26(13-21-7-6-10-44-20-21)19-38-31(40)23-16-28(27-8-11-45-29(27)17-23)30(46-12-9-37-32(41)43-5)22-14-24(35)18-25(36)15-22/h14-18,21,26,30H,6-13,19-20H2,1-5H3,(H,37,41)(H,38,40). The number of methoxy groups -OCH3 is 1. The molecule has 0 spiro atoms. The van der Waals surface area contributed by atoms with E-state index in [-0.39, 0.29) is 42.8 Å². The van der Waals surface area contributed by atoms with Crippen LogP contribution in [0, 0.1) is 17.6 Å². The predicted molar refractivity (Wildman–Crippen MR) is 168 cm³/mol. The minimum atomic E-state index is -0.986. The Labute approximate surface area is 274 Å².